The fourth-order valence-corrected chi connectivity index (χ4v) is 5.50. The number of halogens is 1. The Morgan fingerprint density at radius 2 is 2.15 bits per heavy atom. The second-order valence-electron chi connectivity index (χ2n) is 5.28. The minimum atomic E-state index is -3.18. The Hall–Kier alpha value is -0.620. The number of sulfone groups is 1. The van der Waals surface area contributed by atoms with E-state index in [0.717, 1.165) is 5.56 Å². The van der Waals surface area contributed by atoms with E-state index in [9.17, 15) is 8.42 Å². The highest BCUT2D eigenvalue weighted by Crippen LogP contribution is 2.62. The van der Waals surface area contributed by atoms with Crippen molar-refractivity contribution in [2.24, 2.45) is 11.1 Å². The molecule has 1 aromatic carbocycles. The Morgan fingerprint density at radius 1 is 1.45 bits per heavy atom. The number of hydrogen-bond acceptors (Lipinski definition) is 4. The minimum absolute atomic E-state index is 0.111. The maximum absolute atomic E-state index is 12.3. The first kappa shape index (κ1) is 15.8. The van der Waals surface area contributed by atoms with Crippen LogP contribution in [0, 0.1) is 5.41 Å². The molecule has 1 fully saturated rings. The topological polar surface area (TPSA) is 69.4 Å². The van der Waals surface area contributed by atoms with E-state index < -0.39 is 20.5 Å². The predicted molar refractivity (Wildman–Crippen MR) is 80.8 cm³/mol. The van der Waals surface area contributed by atoms with E-state index in [1.54, 1.807) is 20.1 Å². The zero-order chi connectivity index (χ0) is 15.0. The van der Waals surface area contributed by atoms with E-state index in [1.807, 2.05) is 18.2 Å². The second kappa shape index (κ2) is 5.64. The van der Waals surface area contributed by atoms with Crippen LogP contribution in [0.2, 0.25) is 5.02 Å². The van der Waals surface area contributed by atoms with Crippen molar-refractivity contribution in [3.8, 4) is 0 Å². The molecule has 112 valence electrons. The van der Waals surface area contributed by atoms with E-state index in [0.29, 0.717) is 11.6 Å². The molecular weight excluding hydrogens is 298 g/mol. The summed E-state index contributed by atoms with van der Waals surface area (Å²) in [6.45, 7) is 2.28. The molecule has 20 heavy (non-hydrogen) atoms. The van der Waals surface area contributed by atoms with Gasteiger partial charge in [-0.1, -0.05) is 30.7 Å². The number of hydrogen-bond donors (Lipinski definition) is 1. The van der Waals surface area contributed by atoms with Crippen molar-refractivity contribution in [2.45, 2.75) is 18.1 Å². The van der Waals surface area contributed by atoms with Gasteiger partial charge in [0.1, 0.15) is 0 Å². The monoisotopic (exact) mass is 317 g/mol. The van der Waals surface area contributed by atoms with Crippen molar-refractivity contribution < 1.29 is 13.2 Å². The quantitative estimate of drug-likeness (QED) is 0.869. The van der Waals surface area contributed by atoms with Crippen molar-refractivity contribution in [2.75, 3.05) is 26.0 Å². The van der Waals surface area contributed by atoms with E-state index in [1.165, 1.54) is 0 Å². The van der Waals surface area contributed by atoms with Crippen LogP contribution in [0.3, 0.4) is 0 Å². The highest BCUT2D eigenvalue weighted by molar-refractivity contribution is 7.92. The number of ether oxygens (including phenoxy) is 1. The molecule has 1 saturated carbocycles. The highest BCUT2D eigenvalue weighted by Gasteiger charge is 2.69. The first-order valence-electron chi connectivity index (χ1n) is 6.59. The third kappa shape index (κ3) is 2.48. The molecule has 0 radical (unpaired) electrons. The largest absolute Gasteiger partial charge is 0.384 e. The summed E-state index contributed by atoms with van der Waals surface area (Å²) in [6, 6.07) is 7.33. The third-order valence-corrected chi connectivity index (χ3v) is 6.73. The van der Waals surface area contributed by atoms with E-state index in [2.05, 4.69) is 0 Å². The van der Waals surface area contributed by atoms with Crippen molar-refractivity contribution >= 4 is 21.4 Å². The van der Waals surface area contributed by atoms with Gasteiger partial charge in [-0.25, -0.2) is 8.42 Å². The molecule has 0 aromatic heterocycles. The molecule has 0 unspecified atom stereocenters. The van der Waals surface area contributed by atoms with Crippen LogP contribution in [-0.2, 0) is 14.6 Å². The first-order valence-corrected chi connectivity index (χ1v) is 8.68. The molecule has 0 saturated heterocycles. The molecular formula is C14H20ClNO3S. The van der Waals surface area contributed by atoms with Crippen molar-refractivity contribution in [1.29, 1.82) is 0 Å². The average molecular weight is 318 g/mol. The van der Waals surface area contributed by atoms with Crippen molar-refractivity contribution in [3.05, 3.63) is 34.9 Å². The molecule has 2 N–H and O–H groups in total. The van der Waals surface area contributed by atoms with Crippen LogP contribution in [0.5, 0.6) is 0 Å². The summed E-state index contributed by atoms with van der Waals surface area (Å²) in [6.07, 6.45) is 0. The Bertz CT molecular complexity index is 590. The van der Waals surface area contributed by atoms with Crippen molar-refractivity contribution in [3.63, 3.8) is 0 Å². The van der Waals surface area contributed by atoms with Gasteiger partial charge in [0.25, 0.3) is 0 Å². The fraction of sp³-hybridized carbons (Fsp3) is 0.571. The fourth-order valence-electron chi connectivity index (χ4n) is 3.15. The maximum Gasteiger partial charge on any atom is 0.154 e. The predicted octanol–water partition coefficient (Wildman–Crippen LogP) is 1.83. The van der Waals surface area contributed by atoms with Crippen LogP contribution in [0.1, 0.15) is 18.4 Å². The lowest BCUT2D eigenvalue weighted by Gasteiger charge is -2.14. The van der Waals surface area contributed by atoms with Gasteiger partial charge < -0.3 is 10.5 Å². The lowest BCUT2D eigenvalue weighted by Crippen LogP contribution is -2.28. The summed E-state index contributed by atoms with van der Waals surface area (Å²) in [5, 5.41) is 0.119. The first-order chi connectivity index (χ1) is 9.43. The molecule has 1 aromatic rings. The smallest absolute Gasteiger partial charge is 0.154 e. The van der Waals surface area contributed by atoms with Gasteiger partial charge in [-0.2, -0.15) is 0 Å². The molecule has 1 aliphatic rings. The second-order valence-corrected chi connectivity index (χ2v) is 8.12. The Labute approximate surface area is 125 Å². The van der Waals surface area contributed by atoms with E-state index >= 15 is 0 Å². The number of methoxy groups -OCH3 is 1. The maximum atomic E-state index is 12.3. The lowest BCUT2D eigenvalue weighted by atomic mass is 10.00. The minimum Gasteiger partial charge on any atom is -0.384 e. The normalized spacial score (nSPS) is 29.4. The molecule has 4 nitrogen and oxygen atoms in total. The van der Waals surface area contributed by atoms with E-state index in [-0.39, 0.29) is 18.2 Å². The molecule has 6 heteroatoms. The molecule has 0 amide bonds. The molecule has 0 heterocycles. The molecule has 3 atom stereocenters. The van der Waals surface area contributed by atoms with Gasteiger partial charge in [0, 0.05) is 35.8 Å². The summed E-state index contributed by atoms with van der Waals surface area (Å²) in [4.78, 5) is 0. The summed E-state index contributed by atoms with van der Waals surface area (Å²) in [5.74, 6) is -0.0312. The van der Waals surface area contributed by atoms with Crippen LogP contribution in [0.25, 0.3) is 0 Å². The molecule has 1 aliphatic carbocycles. The Balaban J connectivity index is 2.45. The highest BCUT2D eigenvalue weighted by atomic mass is 35.5. The molecule has 2 rings (SSSR count). The Morgan fingerprint density at radius 3 is 2.65 bits per heavy atom. The standard InChI is InChI=1S/C14H20ClNO3S/c1-3-20(17,18)13-12(14(13,8-16)9-19-2)10-5-4-6-11(15)7-10/h4-7,12-13H,3,8-9,16H2,1-2H3/t12-,13+,14-/m0/s1. The van der Waals surface area contributed by atoms with Crippen LogP contribution in [0.4, 0.5) is 0 Å². The average Bonchev–Trinajstić information content (AvgIpc) is 3.09. The summed E-state index contributed by atoms with van der Waals surface area (Å²) >= 11 is 6.01. The van der Waals surface area contributed by atoms with Crippen molar-refractivity contribution in [1.82, 2.24) is 0 Å². The number of nitrogens with two attached hydrogens (primary N) is 1. The summed E-state index contributed by atoms with van der Waals surface area (Å²) in [7, 11) is -1.61. The van der Waals surface area contributed by atoms with Gasteiger partial charge in [0.15, 0.2) is 9.84 Å². The van der Waals surface area contributed by atoms with Crippen LogP contribution in [0.15, 0.2) is 24.3 Å². The van der Waals surface area contributed by atoms with Gasteiger partial charge in [-0.15, -0.1) is 0 Å². The molecule has 0 spiro atoms. The number of rotatable bonds is 6. The lowest BCUT2D eigenvalue weighted by molar-refractivity contribution is 0.142. The van der Waals surface area contributed by atoms with Crippen LogP contribution >= 0.6 is 11.6 Å². The van der Waals surface area contributed by atoms with Gasteiger partial charge in [-0.3, -0.25) is 0 Å². The van der Waals surface area contributed by atoms with Crippen LogP contribution < -0.4 is 5.73 Å². The van der Waals surface area contributed by atoms with Gasteiger partial charge in [0.05, 0.1) is 11.9 Å². The summed E-state index contributed by atoms with van der Waals surface area (Å²) in [5.41, 5.74) is 6.27. The Kier molecular flexibility index (Phi) is 4.44. The van der Waals surface area contributed by atoms with E-state index in [4.69, 9.17) is 22.1 Å². The molecule has 0 aliphatic heterocycles. The van der Waals surface area contributed by atoms with Gasteiger partial charge in [-0.05, 0) is 17.7 Å². The molecule has 0 bridgehead atoms. The number of benzene rings is 1. The van der Waals surface area contributed by atoms with Crippen LogP contribution in [-0.4, -0.2) is 39.7 Å². The zero-order valence-corrected chi connectivity index (χ0v) is 13.2. The summed E-state index contributed by atoms with van der Waals surface area (Å²) < 4.78 is 29.9. The van der Waals surface area contributed by atoms with Gasteiger partial charge in [0.2, 0.25) is 0 Å². The zero-order valence-electron chi connectivity index (χ0n) is 11.7. The SMILES string of the molecule is CCS(=O)(=O)[C@@H]1[C@H](c2cccc(Cl)c2)[C@]1(CN)COC. The van der Waals surface area contributed by atoms with Gasteiger partial charge >= 0.3 is 0 Å². The third-order valence-electron chi connectivity index (χ3n) is 4.17.